The van der Waals surface area contributed by atoms with E-state index in [1.807, 2.05) is 70.2 Å². The molecule has 2 aromatic carbocycles. The average molecular weight is 542 g/mol. The van der Waals surface area contributed by atoms with Crippen molar-refractivity contribution in [1.29, 1.82) is 0 Å². The van der Waals surface area contributed by atoms with E-state index in [9.17, 15) is 18.0 Å². The average Bonchev–Trinajstić information content (AvgIpc) is 3.34. The van der Waals surface area contributed by atoms with Gasteiger partial charge in [0.25, 0.3) is 0 Å². The molecule has 0 saturated heterocycles. The quantitative estimate of drug-likeness (QED) is 0.409. The minimum Gasteiger partial charge on any atom is -0.352 e. The summed E-state index contributed by atoms with van der Waals surface area (Å²) in [6, 6.07) is 13.2. The molecule has 2 aromatic rings. The highest BCUT2D eigenvalue weighted by molar-refractivity contribution is 7.92. The minimum absolute atomic E-state index is 0.102. The molecule has 0 radical (unpaired) electrons. The number of hydrogen-bond donors (Lipinski definition) is 1. The molecule has 1 saturated carbocycles. The van der Waals surface area contributed by atoms with Gasteiger partial charge in [0.15, 0.2) is 0 Å². The summed E-state index contributed by atoms with van der Waals surface area (Å²) in [6.45, 7) is 8.34. The third kappa shape index (κ3) is 8.06. The summed E-state index contributed by atoms with van der Waals surface area (Å²) in [7, 11) is -3.53. The van der Waals surface area contributed by atoms with Gasteiger partial charge in [-0.1, -0.05) is 50.1 Å². The van der Waals surface area contributed by atoms with E-state index >= 15 is 0 Å². The standard InChI is InChI=1S/C30H43N3O4S/c1-6-28(30(35)31-26-14-9-10-15-26)32(21-25-13-8-7-12-24(25)4)29(34)16-11-17-33(38(5,36)37)27-19-22(2)18-23(3)20-27/h7-8,12-13,18-20,26,28H,6,9-11,14-17,21H2,1-5H3,(H,31,35)/t28-/m1/s1. The second-order valence-corrected chi connectivity index (χ2v) is 12.6. The van der Waals surface area contributed by atoms with Crippen molar-refractivity contribution in [2.24, 2.45) is 0 Å². The lowest BCUT2D eigenvalue weighted by Gasteiger charge is -2.32. The third-order valence-corrected chi connectivity index (χ3v) is 8.53. The van der Waals surface area contributed by atoms with E-state index in [0.29, 0.717) is 25.1 Å². The maximum Gasteiger partial charge on any atom is 0.243 e. The summed E-state index contributed by atoms with van der Waals surface area (Å²) in [6.07, 6.45) is 6.39. The van der Waals surface area contributed by atoms with E-state index < -0.39 is 16.1 Å². The highest BCUT2D eigenvalue weighted by Crippen LogP contribution is 2.23. The van der Waals surface area contributed by atoms with Gasteiger partial charge in [0.1, 0.15) is 6.04 Å². The highest BCUT2D eigenvalue weighted by atomic mass is 32.2. The van der Waals surface area contributed by atoms with Crippen LogP contribution < -0.4 is 9.62 Å². The Hall–Kier alpha value is -2.87. The van der Waals surface area contributed by atoms with E-state index in [-0.39, 0.29) is 30.8 Å². The minimum atomic E-state index is -3.53. The Labute approximate surface area is 228 Å². The second kappa shape index (κ2) is 13.3. The second-order valence-electron chi connectivity index (χ2n) is 10.6. The van der Waals surface area contributed by atoms with Crippen LogP contribution in [-0.4, -0.2) is 50.0 Å². The predicted octanol–water partition coefficient (Wildman–Crippen LogP) is 5.02. The van der Waals surface area contributed by atoms with Gasteiger partial charge in [0, 0.05) is 25.6 Å². The highest BCUT2D eigenvalue weighted by Gasteiger charge is 2.31. The molecule has 0 aromatic heterocycles. The first-order valence-corrected chi connectivity index (χ1v) is 15.5. The number of aryl methyl sites for hydroxylation is 3. The summed E-state index contributed by atoms with van der Waals surface area (Å²) in [5, 5.41) is 3.17. The molecule has 0 aliphatic heterocycles. The molecule has 0 heterocycles. The van der Waals surface area contributed by atoms with Gasteiger partial charge in [0.05, 0.1) is 11.9 Å². The van der Waals surface area contributed by atoms with Crippen molar-refractivity contribution < 1.29 is 18.0 Å². The SMILES string of the molecule is CC[C@H](C(=O)NC1CCCC1)N(Cc1ccccc1C)C(=O)CCCN(c1cc(C)cc(C)c1)S(C)(=O)=O. The van der Waals surface area contributed by atoms with Gasteiger partial charge in [-0.3, -0.25) is 13.9 Å². The Morgan fingerprint density at radius 2 is 1.66 bits per heavy atom. The molecule has 1 fully saturated rings. The molecular formula is C30H43N3O4S. The van der Waals surface area contributed by atoms with E-state index in [4.69, 9.17) is 0 Å². The largest absolute Gasteiger partial charge is 0.352 e. The number of sulfonamides is 1. The molecule has 7 nitrogen and oxygen atoms in total. The number of benzene rings is 2. The molecular weight excluding hydrogens is 498 g/mol. The Kier molecular flexibility index (Phi) is 10.4. The van der Waals surface area contributed by atoms with Crippen molar-refractivity contribution in [3.05, 3.63) is 64.7 Å². The lowest BCUT2D eigenvalue weighted by atomic mass is 10.0. The number of nitrogens with zero attached hydrogens (tertiary/aromatic N) is 2. The molecule has 0 spiro atoms. The lowest BCUT2D eigenvalue weighted by molar-refractivity contribution is -0.141. The van der Waals surface area contributed by atoms with Gasteiger partial charge in [-0.05, 0) is 80.8 Å². The first-order chi connectivity index (χ1) is 18.0. The summed E-state index contributed by atoms with van der Waals surface area (Å²) in [5.74, 6) is -0.245. The molecule has 1 N–H and O–H groups in total. The van der Waals surface area contributed by atoms with E-state index in [0.717, 1.165) is 47.9 Å². The number of carbonyl (C=O) groups excluding carboxylic acids is 2. The summed E-state index contributed by atoms with van der Waals surface area (Å²) < 4.78 is 26.6. The lowest BCUT2D eigenvalue weighted by Crippen LogP contribution is -2.51. The summed E-state index contributed by atoms with van der Waals surface area (Å²) in [4.78, 5) is 28.7. The molecule has 3 rings (SSSR count). The number of nitrogens with one attached hydrogen (secondary N) is 1. The molecule has 1 atom stereocenters. The number of rotatable bonds is 12. The fourth-order valence-electron chi connectivity index (χ4n) is 5.36. The van der Waals surface area contributed by atoms with Crippen LogP contribution in [0, 0.1) is 20.8 Å². The van der Waals surface area contributed by atoms with Crippen molar-refractivity contribution in [3.8, 4) is 0 Å². The first-order valence-electron chi connectivity index (χ1n) is 13.7. The van der Waals surface area contributed by atoms with Gasteiger partial charge in [-0.2, -0.15) is 0 Å². The van der Waals surface area contributed by atoms with Crippen LogP contribution in [0.4, 0.5) is 5.69 Å². The molecule has 1 aliphatic rings. The first kappa shape index (κ1) is 29.7. The van der Waals surface area contributed by atoms with Crippen LogP contribution in [0.15, 0.2) is 42.5 Å². The molecule has 2 amide bonds. The number of carbonyl (C=O) groups is 2. The molecule has 0 bridgehead atoms. The smallest absolute Gasteiger partial charge is 0.243 e. The Morgan fingerprint density at radius 3 is 2.24 bits per heavy atom. The van der Waals surface area contributed by atoms with Crippen molar-refractivity contribution in [2.45, 2.75) is 91.3 Å². The number of amides is 2. The van der Waals surface area contributed by atoms with Crippen LogP contribution in [0.5, 0.6) is 0 Å². The number of hydrogen-bond acceptors (Lipinski definition) is 4. The Morgan fingerprint density at radius 1 is 1.03 bits per heavy atom. The molecule has 1 aliphatic carbocycles. The van der Waals surface area contributed by atoms with Gasteiger partial charge in [-0.15, -0.1) is 0 Å². The zero-order chi connectivity index (χ0) is 27.9. The van der Waals surface area contributed by atoms with E-state index in [1.165, 1.54) is 10.6 Å². The molecule has 8 heteroatoms. The molecule has 38 heavy (non-hydrogen) atoms. The fraction of sp³-hybridized carbons (Fsp3) is 0.533. The predicted molar refractivity (Wildman–Crippen MR) is 154 cm³/mol. The summed E-state index contributed by atoms with van der Waals surface area (Å²) in [5.41, 5.74) is 4.63. The summed E-state index contributed by atoms with van der Waals surface area (Å²) >= 11 is 0. The van der Waals surface area contributed by atoms with Gasteiger partial charge >= 0.3 is 0 Å². The van der Waals surface area contributed by atoms with E-state index in [1.54, 1.807) is 4.90 Å². The zero-order valence-corrected chi connectivity index (χ0v) is 24.3. The maximum absolute atomic E-state index is 13.7. The Bertz CT molecular complexity index is 1200. The van der Waals surface area contributed by atoms with Crippen molar-refractivity contribution in [3.63, 3.8) is 0 Å². The normalized spacial score (nSPS) is 14.8. The van der Waals surface area contributed by atoms with Gasteiger partial charge < -0.3 is 10.2 Å². The molecule has 0 unspecified atom stereocenters. The van der Waals surface area contributed by atoms with Crippen LogP contribution in [0.2, 0.25) is 0 Å². The Balaban J connectivity index is 1.78. The van der Waals surface area contributed by atoms with Crippen molar-refractivity contribution >= 4 is 27.5 Å². The van der Waals surface area contributed by atoms with Crippen LogP contribution in [0.25, 0.3) is 0 Å². The van der Waals surface area contributed by atoms with E-state index in [2.05, 4.69) is 5.32 Å². The van der Waals surface area contributed by atoms with Crippen LogP contribution in [0.1, 0.15) is 74.1 Å². The maximum atomic E-state index is 13.7. The van der Waals surface area contributed by atoms with Crippen LogP contribution in [0.3, 0.4) is 0 Å². The fourth-order valence-corrected chi connectivity index (χ4v) is 6.31. The topological polar surface area (TPSA) is 86.8 Å². The third-order valence-electron chi connectivity index (χ3n) is 7.34. The van der Waals surface area contributed by atoms with Gasteiger partial charge in [0.2, 0.25) is 21.8 Å². The monoisotopic (exact) mass is 541 g/mol. The van der Waals surface area contributed by atoms with Crippen LogP contribution >= 0.6 is 0 Å². The van der Waals surface area contributed by atoms with Crippen molar-refractivity contribution in [1.82, 2.24) is 10.2 Å². The zero-order valence-electron chi connectivity index (χ0n) is 23.5. The number of anilines is 1. The molecule has 208 valence electrons. The van der Waals surface area contributed by atoms with Crippen LogP contribution in [-0.2, 0) is 26.2 Å². The van der Waals surface area contributed by atoms with Crippen molar-refractivity contribution in [2.75, 3.05) is 17.1 Å². The van der Waals surface area contributed by atoms with Gasteiger partial charge in [-0.25, -0.2) is 8.42 Å².